The summed E-state index contributed by atoms with van der Waals surface area (Å²) >= 11 is 0. The van der Waals surface area contributed by atoms with Gasteiger partial charge < -0.3 is 20.1 Å². The third-order valence-corrected chi connectivity index (χ3v) is 4.90. The Kier molecular flexibility index (Phi) is 7.73. The predicted octanol–water partition coefficient (Wildman–Crippen LogP) is 1.39. The van der Waals surface area contributed by atoms with Crippen LogP contribution in [0.1, 0.15) is 46.0 Å². The fourth-order valence-electron chi connectivity index (χ4n) is 3.89. The number of esters is 2. The quantitative estimate of drug-likeness (QED) is 0.402. The second-order valence-corrected chi connectivity index (χ2v) is 6.64. The van der Waals surface area contributed by atoms with Crippen molar-refractivity contribution < 1.29 is 44.0 Å². The highest BCUT2D eigenvalue weighted by Crippen LogP contribution is 2.48. The first-order valence-corrected chi connectivity index (χ1v) is 8.49. The number of hydrogen-bond acceptors (Lipinski definition) is 6. The Morgan fingerprint density at radius 3 is 2.00 bits per heavy atom. The lowest BCUT2D eigenvalue weighted by Crippen LogP contribution is -2.36. The Bertz CT molecular complexity index is 583. The lowest BCUT2D eigenvalue weighted by Gasteiger charge is -2.29. The molecule has 1 rings (SSSR count). The van der Waals surface area contributed by atoms with Crippen molar-refractivity contribution >= 4 is 29.8 Å². The zero-order chi connectivity index (χ0) is 20.0. The highest BCUT2D eigenvalue weighted by atomic mass is 16.6. The first-order valence-electron chi connectivity index (χ1n) is 8.49. The third kappa shape index (κ3) is 5.27. The van der Waals surface area contributed by atoms with Gasteiger partial charge in [0.15, 0.2) is 0 Å². The minimum Gasteiger partial charge on any atom is -0.481 e. The number of carboxylic acid groups (broad SMARTS) is 3. The van der Waals surface area contributed by atoms with E-state index in [4.69, 9.17) is 0 Å². The number of carbonyl (C=O) groups excluding carboxylic acids is 2. The molecule has 0 radical (unpaired) electrons. The Morgan fingerprint density at radius 2 is 1.58 bits per heavy atom. The molecular formula is C17H24O9. The minimum absolute atomic E-state index is 0.309. The lowest BCUT2D eigenvalue weighted by atomic mass is 9.74. The first kappa shape index (κ1) is 21.6. The molecule has 0 saturated heterocycles. The van der Waals surface area contributed by atoms with Gasteiger partial charge in [-0.05, 0) is 24.7 Å². The van der Waals surface area contributed by atoms with E-state index in [1.54, 1.807) is 0 Å². The van der Waals surface area contributed by atoms with E-state index >= 15 is 0 Å². The van der Waals surface area contributed by atoms with Gasteiger partial charge in [-0.2, -0.15) is 0 Å². The van der Waals surface area contributed by atoms with E-state index in [0.29, 0.717) is 12.8 Å². The Morgan fingerprint density at radius 1 is 1.00 bits per heavy atom. The van der Waals surface area contributed by atoms with E-state index in [9.17, 15) is 39.3 Å². The largest absolute Gasteiger partial charge is 0.481 e. The smallest absolute Gasteiger partial charge is 0.313 e. The highest BCUT2D eigenvalue weighted by Gasteiger charge is 2.55. The van der Waals surface area contributed by atoms with E-state index < -0.39 is 59.4 Å². The van der Waals surface area contributed by atoms with Crippen molar-refractivity contribution in [2.75, 3.05) is 0 Å². The van der Waals surface area contributed by atoms with Crippen LogP contribution in [0.3, 0.4) is 0 Å². The van der Waals surface area contributed by atoms with Crippen LogP contribution in [0.15, 0.2) is 0 Å². The molecule has 1 aliphatic carbocycles. The zero-order valence-electron chi connectivity index (χ0n) is 14.7. The number of ether oxygens (including phenoxy) is 1. The van der Waals surface area contributed by atoms with Crippen molar-refractivity contribution in [3.63, 3.8) is 0 Å². The topological polar surface area (TPSA) is 155 Å². The summed E-state index contributed by atoms with van der Waals surface area (Å²) in [6.45, 7) is 2.93. The van der Waals surface area contributed by atoms with E-state index in [1.165, 1.54) is 0 Å². The predicted molar refractivity (Wildman–Crippen MR) is 85.9 cm³/mol. The summed E-state index contributed by atoms with van der Waals surface area (Å²) in [5, 5.41) is 28.3. The molecule has 3 N–H and O–H groups in total. The number of rotatable bonds is 9. The van der Waals surface area contributed by atoms with E-state index in [2.05, 4.69) is 4.74 Å². The highest BCUT2D eigenvalue weighted by molar-refractivity contribution is 5.85. The molecule has 0 heterocycles. The average molecular weight is 372 g/mol. The molecule has 0 bridgehead atoms. The molecule has 0 spiro atoms. The SMILES string of the molecule is CCCCC(CC(=O)OC(C)=O)C1C(C(=O)O)CC(C(=O)O)C1C(=O)O. The van der Waals surface area contributed by atoms with Gasteiger partial charge in [-0.1, -0.05) is 19.8 Å². The van der Waals surface area contributed by atoms with E-state index in [-0.39, 0.29) is 12.8 Å². The number of carbonyl (C=O) groups is 5. The van der Waals surface area contributed by atoms with Crippen LogP contribution in [0.25, 0.3) is 0 Å². The zero-order valence-corrected chi connectivity index (χ0v) is 14.7. The maximum absolute atomic E-state index is 11.9. The number of unbranched alkanes of at least 4 members (excludes halogenated alkanes) is 1. The van der Waals surface area contributed by atoms with Crippen molar-refractivity contribution in [1.29, 1.82) is 0 Å². The van der Waals surface area contributed by atoms with Crippen LogP contribution in [0.4, 0.5) is 0 Å². The van der Waals surface area contributed by atoms with Gasteiger partial charge in [0.05, 0.1) is 17.8 Å². The van der Waals surface area contributed by atoms with Gasteiger partial charge in [0, 0.05) is 13.3 Å². The molecule has 1 saturated carbocycles. The molecule has 146 valence electrons. The standard InChI is InChI=1S/C17H24O9/c1-3-4-5-9(6-12(19)26-8(2)18)13-10(15(20)21)7-11(16(22)23)14(13)17(24)25/h9-11,13-14H,3-7H2,1-2H3,(H,20,21)(H,22,23)(H,24,25). The van der Waals surface area contributed by atoms with Crippen LogP contribution in [-0.2, 0) is 28.7 Å². The van der Waals surface area contributed by atoms with Crippen LogP contribution in [0.2, 0.25) is 0 Å². The summed E-state index contributed by atoms with van der Waals surface area (Å²) in [4.78, 5) is 57.6. The molecule has 1 fully saturated rings. The maximum Gasteiger partial charge on any atom is 0.313 e. The number of carboxylic acids is 3. The normalized spacial score (nSPS) is 26.1. The van der Waals surface area contributed by atoms with Crippen molar-refractivity contribution in [3.8, 4) is 0 Å². The molecule has 5 unspecified atom stereocenters. The van der Waals surface area contributed by atoms with Crippen LogP contribution in [0.5, 0.6) is 0 Å². The van der Waals surface area contributed by atoms with Gasteiger partial charge in [-0.3, -0.25) is 24.0 Å². The van der Waals surface area contributed by atoms with Gasteiger partial charge in [0.1, 0.15) is 0 Å². The van der Waals surface area contributed by atoms with Gasteiger partial charge in [-0.25, -0.2) is 0 Å². The van der Waals surface area contributed by atoms with Gasteiger partial charge in [-0.15, -0.1) is 0 Å². The Labute approximate surface area is 150 Å². The molecule has 0 amide bonds. The van der Waals surface area contributed by atoms with Gasteiger partial charge in [0.2, 0.25) is 0 Å². The lowest BCUT2D eigenvalue weighted by molar-refractivity contribution is -0.161. The van der Waals surface area contributed by atoms with Crippen molar-refractivity contribution in [2.45, 2.75) is 46.0 Å². The Hall–Kier alpha value is -2.45. The first-order chi connectivity index (χ1) is 12.1. The molecule has 26 heavy (non-hydrogen) atoms. The summed E-state index contributed by atoms with van der Waals surface area (Å²) in [5.74, 6) is -11.4. The van der Waals surface area contributed by atoms with Crippen molar-refractivity contribution in [2.24, 2.45) is 29.6 Å². The number of aliphatic carboxylic acids is 3. The molecular weight excluding hydrogens is 348 g/mol. The summed E-state index contributed by atoms with van der Waals surface area (Å²) in [7, 11) is 0. The summed E-state index contributed by atoms with van der Waals surface area (Å²) in [6.07, 6.45) is 1.03. The molecule has 9 heteroatoms. The van der Waals surface area contributed by atoms with Crippen LogP contribution >= 0.6 is 0 Å². The van der Waals surface area contributed by atoms with Crippen molar-refractivity contribution in [3.05, 3.63) is 0 Å². The fourth-order valence-corrected chi connectivity index (χ4v) is 3.89. The molecule has 1 aliphatic rings. The minimum atomic E-state index is -1.42. The van der Waals surface area contributed by atoms with Gasteiger partial charge in [0.25, 0.3) is 0 Å². The molecule has 0 aromatic rings. The third-order valence-electron chi connectivity index (χ3n) is 4.90. The maximum atomic E-state index is 11.9. The summed E-state index contributed by atoms with van der Waals surface area (Å²) in [5.41, 5.74) is 0. The van der Waals surface area contributed by atoms with Gasteiger partial charge >= 0.3 is 29.8 Å². The van der Waals surface area contributed by atoms with E-state index in [1.807, 2.05) is 6.92 Å². The molecule has 9 nitrogen and oxygen atoms in total. The van der Waals surface area contributed by atoms with Crippen LogP contribution in [0, 0.1) is 29.6 Å². The van der Waals surface area contributed by atoms with E-state index in [0.717, 1.165) is 13.3 Å². The molecule has 0 aromatic carbocycles. The number of hydrogen-bond donors (Lipinski definition) is 3. The Balaban J connectivity index is 3.23. The molecule has 0 aliphatic heterocycles. The monoisotopic (exact) mass is 372 g/mol. The van der Waals surface area contributed by atoms with Crippen LogP contribution < -0.4 is 0 Å². The summed E-state index contributed by atoms with van der Waals surface area (Å²) < 4.78 is 4.50. The van der Waals surface area contributed by atoms with Crippen LogP contribution in [-0.4, -0.2) is 45.2 Å². The fraction of sp³-hybridized carbons (Fsp3) is 0.706. The average Bonchev–Trinajstić information content (AvgIpc) is 2.91. The second kappa shape index (κ2) is 9.30. The second-order valence-electron chi connectivity index (χ2n) is 6.64. The molecule has 0 aromatic heterocycles. The molecule has 5 atom stereocenters. The van der Waals surface area contributed by atoms with Crippen molar-refractivity contribution in [1.82, 2.24) is 0 Å². The summed E-state index contributed by atoms with van der Waals surface area (Å²) in [6, 6.07) is 0.